The summed E-state index contributed by atoms with van der Waals surface area (Å²) >= 11 is 4.85. The molecule has 0 radical (unpaired) electrons. The number of hydrogen-bond donors (Lipinski definition) is 1. The van der Waals surface area contributed by atoms with Crippen molar-refractivity contribution in [3.63, 3.8) is 0 Å². The van der Waals surface area contributed by atoms with E-state index in [-0.39, 0.29) is 11.6 Å². The molecule has 5 nitrogen and oxygen atoms in total. The molecule has 1 aromatic heterocycles. The molecule has 0 aliphatic heterocycles. The number of amides is 1. The van der Waals surface area contributed by atoms with Gasteiger partial charge in [0.25, 0.3) is 5.69 Å². The van der Waals surface area contributed by atoms with Gasteiger partial charge in [0.1, 0.15) is 0 Å². The second-order valence-corrected chi connectivity index (χ2v) is 5.65. The summed E-state index contributed by atoms with van der Waals surface area (Å²) in [4.78, 5) is 22.6. The number of hydrogen-bond acceptors (Lipinski definition) is 4. The monoisotopic (exact) mass is 352 g/mol. The minimum absolute atomic E-state index is 0.0121. The normalized spacial score (nSPS) is 10.7. The number of non-ortho nitro benzene ring substituents is 1. The molecular weight excluding hydrogens is 344 g/mol. The summed E-state index contributed by atoms with van der Waals surface area (Å²) in [7, 11) is 0. The van der Waals surface area contributed by atoms with Crippen molar-refractivity contribution >= 4 is 50.6 Å². The fourth-order valence-electron chi connectivity index (χ4n) is 1.42. The molecule has 7 heteroatoms. The lowest BCUT2D eigenvalue weighted by atomic mass is 10.3. The molecular formula is C13H9BrN2O3S. The zero-order valence-electron chi connectivity index (χ0n) is 10.1. The third-order valence-electron chi connectivity index (χ3n) is 2.33. The number of nitro benzene ring substituents is 1. The molecule has 1 aromatic carbocycles. The van der Waals surface area contributed by atoms with Crippen LogP contribution in [0.2, 0.25) is 0 Å². The Balaban J connectivity index is 1.97. The van der Waals surface area contributed by atoms with Crippen molar-refractivity contribution in [1.29, 1.82) is 0 Å². The lowest BCUT2D eigenvalue weighted by Crippen LogP contribution is -2.07. The number of carbonyl (C=O) groups excluding carboxylic acids is 1. The van der Waals surface area contributed by atoms with Gasteiger partial charge in [-0.1, -0.05) is 0 Å². The van der Waals surface area contributed by atoms with Crippen LogP contribution in [0.5, 0.6) is 0 Å². The van der Waals surface area contributed by atoms with Crippen molar-refractivity contribution in [3.05, 3.63) is 61.3 Å². The van der Waals surface area contributed by atoms with Gasteiger partial charge in [0.15, 0.2) is 0 Å². The van der Waals surface area contributed by atoms with E-state index in [9.17, 15) is 14.9 Å². The third kappa shape index (κ3) is 4.01. The summed E-state index contributed by atoms with van der Waals surface area (Å²) in [5.74, 6) is -0.289. The number of thiophene rings is 1. The summed E-state index contributed by atoms with van der Waals surface area (Å²) in [6.07, 6.45) is 3.12. The molecule has 0 spiro atoms. The number of rotatable bonds is 4. The fourth-order valence-corrected chi connectivity index (χ4v) is 2.76. The SMILES string of the molecule is O=C(/C=C/c1cc(Br)cs1)Nc1ccc([N+](=O)[O-])cc1. The Morgan fingerprint density at radius 1 is 1.35 bits per heavy atom. The van der Waals surface area contributed by atoms with Gasteiger partial charge in [-0.15, -0.1) is 11.3 Å². The van der Waals surface area contributed by atoms with E-state index in [4.69, 9.17) is 0 Å². The number of nitro groups is 1. The Bertz CT molecular complexity index is 665. The molecule has 1 N–H and O–H groups in total. The average Bonchev–Trinajstić information content (AvgIpc) is 2.83. The second kappa shape index (κ2) is 6.44. The summed E-state index contributed by atoms with van der Waals surface area (Å²) in [5.41, 5.74) is 0.500. The average molecular weight is 353 g/mol. The summed E-state index contributed by atoms with van der Waals surface area (Å²) < 4.78 is 0.970. The quantitative estimate of drug-likeness (QED) is 0.512. The Hall–Kier alpha value is -1.99. The predicted octanol–water partition coefficient (Wildman–Crippen LogP) is 4.07. The van der Waals surface area contributed by atoms with E-state index in [1.807, 2.05) is 11.4 Å². The standard InChI is InChI=1S/C13H9BrN2O3S/c14-9-7-12(20-8-9)5-6-13(17)15-10-1-3-11(4-2-10)16(18)19/h1-8H,(H,15,17)/b6-5+. The van der Waals surface area contributed by atoms with Crippen LogP contribution in [0.3, 0.4) is 0 Å². The van der Waals surface area contributed by atoms with Gasteiger partial charge in [0, 0.05) is 38.6 Å². The van der Waals surface area contributed by atoms with Crippen LogP contribution in [-0.4, -0.2) is 10.8 Å². The van der Waals surface area contributed by atoms with Crippen molar-refractivity contribution in [2.45, 2.75) is 0 Å². The van der Waals surface area contributed by atoms with Crippen LogP contribution >= 0.6 is 27.3 Å². The van der Waals surface area contributed by atoms with Crippen LogP contribution < -0.4 is 5.32 Å². The molecule has 0 atom stereocenters. The predicted molar refractivity (Wildman–Crippen MR) is 82.8 cm³/mol. The number of nitrogens with zero attached hydrogens (tertiary/aromatic N) is 1. The van der Waals surface area contributed by atoms with Gasteiger partial charge in [-0.05, 0) is 40.2 Å². The highest BCUT2D eigenvalue weighted by molar-refractivity contribution is 9.10. The number of carbonyl (C=O) groups is 1. The van der Waals surface area contributed by atoms with E-state index in [1.54, 1.807) is 6.08 Å². The summed E-state index contributed by atoms with van der Waals surface area (Å²) in [6, 6.07) is 7.57. The van der Waals surface area contributed by atoms with E-state index in [0.717, 1.165) is 9.35 Å². The van der Waals surface area contributed by atoms with Crippen molar-refractivity contribution in [3.8, 4) is 0 Å². The molecule has 0 unspecified atom stereocenters. The van der Waals surface area contributed by atoms with Gasteiger partial charge < -0.3 is 5.32 Å². The van der Waals surface area contributed by atoms with E-state index in [0.29, 0.717) is 5.69 Å². The molecule has 0 saturated carbocycles. The summed E-state index contributed by atoms with van der Waals surface area (Å²) in [5, 5.41) is 15.1. The van der Waals surface area contributed by atoms with Crippen molar-refractivity contribution in [2.24, 2.45) is 0 Å². The molecule has 0 aliphatic carbocycles. The first kappa shape index (κ1) is 14.4. The van der Waals surface area contributed by atoms with Crippen LogP contribution in [0.15, 0.2) is 46.3 Å². The fraction of sp³-hybridized carbons (Fsp3) is 0. The number of benzene rings is 1. The maximum Gasteiger partial charge on any atom is 0.269 e. The van der Waals surface area contributed by atoms with Gasteiger partial charge in [-0.25, -0.2) is 0 Å². The molecule has 1 heterocycles. The molecule has 0 saturated heterocycles. The lowest BCUT2D eigenvalue weighted by Gasteiger charge is -2.00. The molecule has 2 rings (SSSR count). The first-order valence-electron chi connectivity index (χ1n) is 5.52. The highest BCUT2D eigenvalue weighted by atomic mass is 79.9. The van der Waals surface area contributed by atoms with Gasteiger partial charge in [0.2, 0.25) is 5.91 Å². The Morgan fingerprint density at radius 3 is 2.60 bits per heavy atom. The lowest BCUT2D eigenvalue weighted by molar-refractivity contribution is -0.384. The van der Waals surface area contributed by atoms with Crippen molar-refractivity contribution < 1.29 is 9.72 Å². The van der Waals surface area contributed by atoms with Gasteiger partial charge in [-0.2, -0.15) is 0 Å². The maximum atomic E-state index is 11.7. The molecule has 0 bridgehead atoms. The highest BCUT2D eigenvalue weighted by Gasteiger charge is 2.04. The van der Waals surface area contributed by atoms with Crippen LogP contribution in [0.1, 0.15) is 4.88 Å². The zero-order valence-corrected chi connectivity index (χ0v) is 12.5. The number of halogens is 1. The third-order valence-corrected chi connectivity index (χ3v) is 3.99. The second-order valence-electron chi connectivity index (χ2n) is 3.79. The Labute approximate surface area is 127 Å². The first-order valence-corrected chi connectivity index (χ1v) is 7.19. The Morgan fingerprint density at radius 2 is 2.05 bits per heavy atom. The van der Waals surface area contributed by atoms with Crippen LogP contribution in [0.4, 0.5) is 11.4 Å². The highest BCUT2D eigenvalue weighted by Crippen LogP contribution is 2.21. The van der Waals surface area contributed by atoms with E-state index in [1.165, 1.54) is 41.7 Å². The van der Waals surface area contributed by atoms with Gasteiger partial charge in [-0.3, -0.25) is 14.9 Å². The molecule has 20 heavy (non-hydrogen) atoms. The van der Waals surface area contributed by atoms with Crippen LogP contribution in [0, 0.1) is 10.1 Å². The van der Waals surface area contributed by atoms with Gasteiger partial charge in [0.05, 0.1) is 4.92 Å². The van der Waals surface area contributed by atoms with Crippen molar-refractivity contribution in [1.82, 2.24) is 0 Å². The molecule has 0 aliphatic rings. The number of anilines is 1. The largest absolute Gasteiger partial charge is 0.323 e. The van der Waals surface area contributed by atoms with Gasteiger partial charge >= 0.3 is 0 Å². The van der Waals surface area contributed by atoms with E-state index < -0.39 is 4.92 Å². The number of nitrogens with one attached hydrogen (secondary N) is 1. The van der Waals surface area contributed by atoms with Crippen molar-refractivity contribution in [2.75, 3.05) is 5.32 Å². The van der Waals surface area contributed by atoms with E-state index >= 15 is 0 Å². The minimum atomic E-state index is -0.486. The molecule has 102 valence electrons. The van der Waals surface area contributed by atoms with Crippen LogP contribution in [-0.2, 0) is 4.79 Å². The zero-order chi connectivity index (χ0) is 14.5. The minimum Gasteiger partial charge on any atom is -0.323 e. The van der Waals surface area contributed by atoms with E-state index in [2.05, 4.69) is 21.2 Å². The topological polar surface area (TPSA) is 72.2 Å². The molecule has 2 aromatic rings. The first-order chi connectivity index (χ1) is 9.54. The Kier molecular flexibility index (Phi) is 4.65. The smallest absolute Gasteiger partial charge is 0.269 e. The maximum absolute atomic E-state index is 11.7. The summed E-state index contributed by atoms with van der Waals surface area (Å²) in [6.45, 7) is 0. The van der Waals surface area contributed by atoms with Crippen LogP contribution in [0.25, 0.3) is 6.08 Å². The molecule has 0 fully saturated rings. The molecule has 1 amide bonds.